The van der Waals surface area contributed by atoms with E-state index in [4.69, 9.17) is 4.74 Å². The first-order chi connectivity index (χ1) is 7.81. The van der Waals surface area contributed by atoms with Gasteiger partial charge in [-0.15, -0.1) is 0 Å². The highest BCUT2D eigenvalue weighted by atomic mass is 16.5. The van der Waals surface area contributed by atoms with Gasteiger partial charge in [-0.05, 0) is 12.5 Å². The van der Waals surface area contributed by atoms with Crippen LogP contribution in [0.15, 0.2) is 29.4 Å². The van der Waals surface area contributed by atoms with Crippen molar-refractivity contribution in [3.8, 4) is 0 Å². The summed E-state index contributed by atoms with van der Waals surface area (Å²) in [6.07, 6.45) is 0.220. The minimum Gasteiger partial charge on any atom is -0.466 e. The Morgan fingerprint density at radius 2 is 2.31 bits per heavy atom. The van der Waals surface area contributed by atoms with Crippen molar-refractivity contribution in [1.82, 2.24) is 5.43 Å². The number of hydrogen-bond donors (Lipinski definition) is 1. The molecule has 1 N–H and O–H groups in total. The van der Waals surface area contributed by atoms with Crippen molar-refractivity contribution >= 4 is 11.7 Å². The Hall–Kier alpha value is -1.84. The number of rotatable bonds is 3. The molecular weight excluding hydrogens is 204 g/mol. The summed E-state index contributed by atoms with van der Waals surface area (Å²) in [4.78, 5) is 11.4. The Bertz CT molecular complexity index is 427. The molecular formula is C12H14N2O2. The Morgan fingerprint density at radius 3 is 3.12 bits per heavy atom. The largest absolute Gasteiger partial charge is 0.466 e. The molecule has 0 amide bonds. The molecule has 2 rings (SSSR count). The molecule has 16 heavy (non-hydrogen) atoms. The molecule has 84 valence electrons. The smallest absolute Gasteiger partial charge is 0.311 e. The van der Waals surface area contributed by atoms with Gasteiger partial charge in [-0.3, -0.25) is 4.79 Å². The molecule has 0 aliphatic carbocycles. The molecule has 0 atom stereocenters. The maximum atomic E-state index is 11.4. The van der Waals surface area contributed by atoms with Gasteiger partial charge in [0.2, 0.25) is 0 Å². The number of hydrogen-bond acceptors (Lipinski definition) is 4. The number of carbonyl (C=O) groups excluding carboxylic acids is 1. The zero-order valence-corrected chi connectivity index (χ0v) is 9.19. The van der Waals surface area contributed by atoms with Crippen molar-refractivity contribution in [2.75, 3.05) is 6.61 Å². The lowest BCUT2D eigenvalue weighted by molar-refractivity contribution is -0.141. The van der Waals surface area contributed by atoms with Crippen LogP contribution < -0.4 is 5.43 Å². The molecule has 4 nitrogen and oxygen atoms in total. The Labute approximate surface area is 94.3 Å². The molecule has 0 fully saturated rings. The number of hydrazone groups is 1. The van der Waals surface area contributed by atoms with Crippen LogP contribution in [0, 0.1) is 0 Å². The molecule has 1 aliphatic heterocycles. The second-order valence-electron chi connectivity index (χ2n) is 3.53. The Kier molecular flexibility index (Phi) is 3.19. The third-order valence-corrected chi connectivity index (χ3v) is 2.43. The molecule has 0 aromatic heterocycles. The van der Waals surface area contributed by atoms with Gasteiger partial charge in [0.25, 0.3) is 0 Å². The highest BCUT2D eigenvalue weighted by Crippen LogP contribution is 2.15. The lowest BCUT2D eigenvalue weighted by atomic mass is 10.00. The van der Waals surface area contributed by atoms with Gasteiger partial charge in [0.15, 0.2) is 0 Å². The summed E-state index contributed by atoms with van der Waals surface area (Å²) < 4.78 is 4.91. The van der Waals surface area contributed by atoms with Crippen LogP contribution in [0.1, 0.15) is 24.5 Å². The van der Waals surface area contributed by atoms with Gasteiger partial charge in [-0.2, -0.15) is 5.10 Å². The standard InChI is InChI=1S/C12H14N2O2/c1-2-16-12(15)7-11-10-6-4-3-5-9(10)8-13-14-11/h3-6,13H,2,7-8H2,1H3. The third kappa shape index (κ3) is 2.21. The fraction of sp³-hybridized carbons (Fsp3) is 0.333. The molecule has 0 saturated carbocycles. The lowest BCUT2D eigenvalue weighted by Gasteiger charge is -2.16. The molecule has 1 aromatic carbocycles. The molecule has 0 spiro atoms. The van der Waals surface area contributed by atoms with Crippen LogP contribution in [-0.4, -0.2) is 18.3 Å². The van der Waals surface area contributed by atoms with Gasteiger partial charge >= 0.3 is 5.97 Å². The molecule has 0 bridgehead atoms. The van der Waals surface area contributed by atoms with Crippen molar-refractivity contribution in [3.05, 3.63) is 35.4 Å². The number of carbonyl (C=O) groups is 1. The van der Waals surface area contributed by atoms with Crippen LogP contribution >= 0.6 is 0 Å². The molecule has 0 saturated heterocycles. The van der Waals surface area contributed by atoms with Crippen molar-refractivity contribution < 1.29 is 9.53 Å². The summed E-state index contributed by atoms with van der Waals surface area (Å²) in [5.74, 6) is -0.236. The maximum Gasteiger partial charge on any atom is 0.311 e. The van der Waals surface area contributed by atoms with Crippen molar-refractivity contribution in [2.24, 2.45) is 5.10 Å². The van der Waals surface area contributed by atoms with E-state index in [1.165, 1.54) is 0 Å². The summed E-state index contributed by atoms with van der Waals surface area (Å²) >= 11 is 0. The van der Waals surface area contributed by atoms with Crippen molar-refractivity contribution in [3.63, 3.8) is 0 Å². The van der Waals surface area contributed by atoms with Gasteiger partial charge in [0.05, 0.1) is 25.3 Å². The van der Waals surface area contributed by atoms with Crippen molar-refractivity contribution in [1.29, 1.82) is 0 Å². The quantitative estimate of drug-likeness (QED) is 0.781. The van der Waals surface area contributed by atoms with Crippen LogP contribution in [0.3, 0.4) is 0 Å². The molecule has 1 heterocycles. The lowest BCUT2D eigenvalue weighted by Crippen LogP contribution is -2.23. The first-order valence-corrected chi connectivity index (χ1v) is 5.34. The molecule has 0 radical (unpaired) electrons. The summed E-state index contributed by atoms with van der Waals surface area (Å²) in [6, 6.07) is 7.94. The van der Waals surface area contributed by atoms with Crippen LogP contribution in [0.4, 0.5) is 0 Å². The number of esters is 1. The monoisotopic (exact) mass is 218 g/mol. The minimum absolute atomic E-state index is 0.220. The van der Waals surface area contributed by atoms with E-state index in [0.717, 1.165) is 16.8 Å². The van der Waals surface area contributed by atoms with Gasteiger partial charge in [-0.25, -0.2) is 0 Å². The molecule has 1 aromatic rings. The van der Waals surface area contributed by atoms with E-state index in [1.54, 1.807) is 6.92 Å². The van der Waals surface area contributed by atoms with Crippen LogP contribution in [0.25, 0.3) is 0 Å². The minimum atomic E-state index is -0.236. The van der Waals surface area contributed by atoms with E-state index in [2.05, 4.69) is 10.5 Å². The zero-order valence-electron chi connectivity index (χ0n) is 9.19. The average molecular weight is 218 g/mol. The highest BCUT2D eigenvalue weighted by molar-refractivity contribution is 6.10. The number of fused-ring (bicyclic) bond motifs is 1. The zero-order chi connectivity index (χ0) is 11.4. The topological polar surface area (TPSA) is 50.7 Å². The Morgan fingerprint density at radius 1 is 1.50 bits per heavy atom. The van der Waals surface area contributed by atoms with E-state index in [-0.39, 0.29) is 12.4 Å². The number of benzene rings is 1. The normalized spacial score (nSPS) is 13.4. The predicted octanol–water partition coefficient (Wildman–Crippen LogP) is 1.45. The van der Waals surface area contributed by atoms with E-state index in [9.17, 15) is 4.79 Å². The number of nitrogens with one attached hydrogen (secondary N) is 1. The Balaban J connectivity index is 2.16. The summed E-state index contributed by atoms with van der Waals surface area (Å²) in [6.45, 7) is 2.91. The van der Waals surface area contributed by atoms with E-state index >= 15 is 0 Å². The summed E-state index contributed by atoms with van der Waals surface area (Å²) in [7, 11) is 0. The van der Waals surface area contributed by atoms with E-state index in [0.29, 0.717) is 13.2 Å². The van der Waals surface area contributed by atoms with Crippen LogP contribution in [0.2, 0.25) is 0 Å². The predicted molar refractivity (Wildman–Crippen MR) is 61.1 cm³/mol. The first-order valence-electron chi connectivity index (χ1n) is 5.34. The van der Waals surface area contributed by atoms with Gasteiger partial charge in [-0.1, -0.05) is 24.3 Å². The third-order valence-electron chi connectivity index (χ3n) is 2.43. The summed E-state index contributed by atoms with van der Waals surface area (Å²) in [5, 5.41) is 4.16. The maximum absolute atomic E-state index is 11.4. The number of nitrogens with zero attached hydrogens (tertiary/aromatic N) is 1. The average Bonchev–Trinajstić information content (AvgIpc) is 2.30. The first kappa shape index (κ1) is 10.7. The second-order valence-corrected chi connectivity index (χ2v) is 3.53. The highest BCUT2D eigenvalue weighted by Gasteiger charge is 2.16. The summed E-state index contributed by atoms with van der Waals surface area (Å²) in [5.41, 5.74) is 5.87. The fourth-order valence-electron chi connectivity index (χ4n) is 1.72. The van der Waals surface area contributed by atoms with Crippen molar-refractivity contribution in [2.45, 2.75) is 19.9 Å². The van der Waals surface area contributed by atoms with E-state index in [1.807, 2.05) is 24.3 Å². The second kappa shape index (κ2) is 4.79. The van der Waals surface area contributed by atoms with Gasteiger partial charge in [0, 0.05) is 5.56 Å². The molecule has 1 aliphatic rings. The number of ether oxygens (including phenoxy) is 1. The molecule has 0 unspecified atom stereocenters. The van der Waals surface area contributed by atoms with Gasteiger partial charge < -0.3 is 10.2 Å². The molecule has 4 heteroatoms. The van der Waals surface area contributed by atoms with E-state index < -0.39 is 0 Å². The van der Waals surface area contributed by atoms with Gasteiger partial charge in [0.1, 0.15) is 0 Å². The van der Waals surface area contributed by atoms with Crippen LogP contribution in [0.5, 0.6) is 0 Å². The fourth-order valence-corrected chi connectivity index (χ4v) is 1.72. The SMILES string of the molecule is CCOC(=O)CC1=NNCc2ccccc21. The van der Waals surface area contributed by atoms with Crippen LogP contribution in [-0.2, 0) is 16.1 Å².